The van der Waals surface area contributed by atoms with Crippen molar-refractivity contribution in [3.8, 4) is 5.75 Å². The number of unbranched alkanes of at least 4 members (excludes halogenated alkanes) is 2. The zero-order valence-electron chi connectivity index (χ0n) is 12.6. The smallest absolute Gasteiger partial charge is 0.221 e. The summed E-state index contributed by atoms with van der Waals surface area (Å²) >= 11 is 0. The molecule has 1 aromatic carbocycles. The maximum absolute atomic E-state index is 5.73. The van der Waals surface area contributed by atoms with Crippen molar-refractivity contribution in [1.82, 2.24) is 9.66 Å². The van der Waals surface area contributed by atoms with Crippen LogP contribution >= 0.6 is 0 Å². The van der Waals surface area contributed by atoms with Gasteiger partial charge < -0.3 is 10.5 Å². The molecule has 0 aliphatic rings. The Morgan fingerprint density at radius 1 is 1.29 bits per heavy atom. The van der Waals surface area contributed by atoms with Gasteiger partial charge in [0.05, 0.1) is 24.7 Å². The fourth-order valence-electron chi connectivity index (χ4n) is 1.92. The number of ether oxygens (including phenoxy) is 1. The van der Waals surface area contributed by atoms with Gasteiger partial charge in [0.15, 0.2) is 0 Å². The molecule has 0 radical (unpaired) electrons. The van der Waals surface area contributed by atoms with Crippen molar-refractivity contribution in [1.29, 1.82) is 0 Å². The highest BCUT2D eigenvalue weighted by Crippen LogP contribution is 2.12. The van der Waals surface area contributed by atoms with Gasteiger partial charge >= 0.3 is 0 Å². The lowest BCUT2D eigenvalue weighted by atomic mass is 10.2. The molecule has 0 atom stereocenters. The van der Waals surface area contributed by atoms with E-state index in [1.54, 1.807) is 17.1 Å². The molecule has 0 unspecified atom stereocenters. The Kier molecular flexibility index (Phi) is 5.37. The van der Waals surface area contributed by atoms with Crippen LogP contribution in [-0.2, 0) is 0 Å². The number of nitrogens with two attached hydrogens (primary N) is 1. The van der Waals surface area contributed by atoms with Crippen molar-refractivity contribution in [2.45, 2.75) is 33.1 Å². The van der Waals surface area contributed by atoms with Gasteiger partial charge in [0.2, 0.25) is 5.95 Å². The van der Waals surface area contributed by atoms with E-state index in [9.17, 15) is 0 Å². The largest absolute Gasteiger partial charge is 0.494 e. The van der Waals surface area contributed by atoms with Crippen LogP contribution in [0.25, 0.3) is 0 Å². The molecule has 2 rings (SSSR count). The Morgan fingerprint density at radius 2 is 2.05 bits per heavy atom. The topological polar surface area (TPSA) is 65.4 Å². The van der Waals surface area contributed by atoms with Crippen molar-refractivity contribution in [2.24, 2.45) is 5.10 Å². The van der Waals surface area contributed by atoms with Crippen LogP contribution in [0.4, 0.5) is 5.95 Å². The van der Waals surface area contributed by atoms with Gasteiger partial charge in [-0.05, 0) is 43.2 Å². The molecule has 0 bridgehead atoms. The molecule has 1 heterocycles. The summed E-state index contributed by atoms with van der Waals surface area (Å²) in [6.45, 7) is 4.84. The molecule has 0 fully saturated rings. The predicted molar refractivity (Wildman–Crippen MR) is 85.8 cm³/mol. The summed E-state index contributed by atoms with van der Waals surface area (Å²) < 4.78 is 7.23. The first kappa shape index (κ1) is 15.1. The summed E-state index contributed by atoms with van der Waals surface area (Å²) in [5.41, 5.74) is 7.56. The lowest BCUT2D eigenvalue weighted by Gasteiger charge is -2.05. The van der Waals surface area contributed by atoms with Crippen LogP contribution in [0.15, 0.2) is 35.6 Å². The van der Waals surface area contributed by atoms with Gasteiger partial charge in [0.1, 0.15) is 5.75 Å². The molecular formula is C16H22N4O. The molecule has 0 aliphatic carbocycles. The third kappa shape index (κ3) is 4.63. The van der Waals surface area contributed by atoms with Crippen molar-refractivity contribution >= 4 is 12.2 Å². The molecule has 112 valence electrons. The van der Waals surface area contributed by atoms with Crippen LogP contribution in [-0.4, -0.2) is 22.5 Å². The number of nitrogen functional groups attached to an aromatic ring is 1. The minimum atomic E-state index is 0.389. The predicted octanol–water partition coefficient (Wildman–Crippen LogP) is 3.22. The van der Waals surface area contributed by atoms with Gasteiger partial charge in [-0.15, -0.1) is 0 Å². The van der Waals surface area contributed by atoms with Crippen molar-refractivity contribution in [2.75, 3.05) is 12.3 Å². The normalized spacial score (nSPS) is 11.1. The fraction of sp³-hybridized carbons (Fsp3) is 0.375. The number of nitrogens with zero attached hydrogens (tertiary/aromatic N) is 3. The second-order valence-electron chi connectivity index (χ2n) is 4.95. The molecule has 5 heteroatoms. The first-order chi connectivity index (χ1) is 10.2. The minimum absolute atomic E-state index is 0.389. The van der Waals surface area contributed by atoms with E-state index in [1.807, 2.05) is 31.2 Å². The summed E-state index contributed by atoms with van der Waals surface area (Å²) in [5.74, 6) is 1.28. The Balaban J connectivity index is 1.91. The van der Waals surface area contributed by atoms with E-state index in [4.69, 9.17) is 10.5 Å². The van der Waals surface area contributed by atoms with Crippen LogP contribution in [0.2, 0.25) is 0 Å². The molecule has 0 amide bonds. The average Bonchev–Trinajstić information content (AvgIpc) is 2.81. The Labute approximate surface area is 125 Å². The monoisotopic (exact) mass is 286 g/mol. The van der Waals surface area contributed by atoms with Gasteiger partial charge in [-0.25, -0.2) is 9.66 Å². The Hall–Kier alpha value is -2.30. The van der Waals surface area contributed by atoms with Crippen LogP contribution in [0.1, 0.15) is 37.4 Å². The Bertz CT molecular complexity index is 587. The SMILES string of the molecule is CCCCCOc1ccc(C=Nn2cc(C)nc2N)cc1. The maximum Gasteiger partial charge on any atom is 0.221 e. The molecule has 5 nitrogen and oxygen atoms in total. The summed E-state index contributed by atoms with van der Waals surface area (Å²) in [7, 11) is 0. The molecule has 21 heavy (non-hydrogen) atoms. The summed E-state index contributed by atoms with van der Waals surface area (Å²) in [5, 5.41) is 4.28. The number of rotatable bonds is 7. The van der Waals surface area contributed by atoms with Gasteiger partial charge in [0, 0.05) is 0 Å². The molecule has 2 N–H and O–H groups in total. The van der Waals surface area contributed by atoms with Gasteiger partial charge in [-0.1, -0.05) is 19.8 Å². The molecule has 2 aromatic rings. The average molecular weight is 286 g/mol. The van der Waals surface area contributed by atoms with E-state index in [0.29, 0.717) is 5.95 Å². The van der Waals surface area contributed by atoms with E-state index in [0.717, 1.165) is 30.0 Å². The maximum atomic E-state index is 5.73. The Morgan fingerprint density at radius 3 is 2.67 bits per heavy atom. The summed E-state index contributed by atoms with van der Waals surface area (Å²) in [6, 6.07) is 7.85. The summed E-state index contributed by atoms with van der Waals surface area (Å²) in [4.78, 5) is 4.09. The third-order valence-corrected chi connectivity index (χ3v) is 3.06. The third-order valence-electron chi connectivity index (χ3n) is 3.06. The minimum Gasteiger partial charge on any atom is -0.494 e. The van der Waals surface area contributed by atoms with Crippen molar-refractivity contribution in [3.05, 3.63) is 41.7 Å². The molecular weight excluding hydrogens is 264 g/mol. The highest BCUT2D eigenvalue weighted by atomic mass is 16.5. The molecule has 0 spiro atoms. The number of anilines is 1. The van der Waals surface area contributed by atoms with Crippen LogP contribution in [0, 0.1) is 6.92 Å². The molecule has 1 aromatic heterocycles. The lowest BCUT2D eigenvalue weighted by molar-refractivity contribution is 0.306. The number of aryl methyl sites for hydroxylation is 1. The van der Waals surface area contributed by atoms with Crippen LogP contribution < -0.4 is 10.5 Å². The number of hydrogen-bond acceptors (Lipinski definition) is 4. The molecule has 0 saturated heterocycles. The van der Waals surface area contributed by atoms with E-state index in [2.05, 4.69) is 17.0 Å². The first-order valence-electron chi connectivity index (χ1n) is 7.27. The van der Waals surface area contributed by atoms with Crippen molar-refractivity contribution in [3.63, 3.8) is 0 Å². The highest BCUT2D eigenvalue weighted by Gasteiger charge is 1.98. The standard InChI is InChI=1S/C16H22N4O/c1-3-4-5-10-21-15-8-6-14(7-9-15)11-18-20-12-13(2)19-16(20)17/h6-9,11-12H,3-5,10H2,1-2H3,(H2,17,19). The van der Waals surface area contributed by atoms with Gasteiger partial charge in [-0.2, -0.15) is 5.10 Å². The zero-order chi connectivity index (χ0) is 15.1. The molecule has 0 saturated carbocycles. The van der Waals surface area contributed by atoms with Gasteiger partial charge in [0.25, 0.3) is 0 Å². The van der Waals surface area contributed by atoms with Gasteiger partial charge in [-0.3, -0.25) is 0 Å². The fourth-order valence-corrected chi connectivity index (χ4v) is 1.92. The highest BCUT2D eigenvalue weighted by molar-refractivity contribution is 5.79. The summed E-state index contributed by atoms with van der Waals surface area (Å²) in [6.07, 6.45) is 7.04. The lowest BCUT2D eigenvalue weighted by Crippen LogP contribution is -1.98. The molecule has 0 aliphatic heterocycles. The van der Waals surface area contributed by atoms with E-state index < -0.39 is 0 Å². The van der Waals surface area contributed by atoms with E-state index in [-0.39, 0.29) is 0 Å². The van der Waals surface area contributed by atoms with Crippen molar-refractivity contribution < 1.29 is 4.74 Å². The van der Waals surface area contributed by atoms with E-state index >= 15 is 0 Å². The number of benzene rings is 1. The first-order valence-corrected chi connectivity index (χ1v) is 7.27. The number of hydrogen-bond donors (Lipinski definition) is 1. The van der Waals surface area contributed by atoms with Crippen LogP contribution in [0.3, 0.4) is 0 Å². The van der Waals surface area contributed by atoms with Crippen LogP contribution in [0.5, 0.6) is 5.75 Å². The number of imidazole rings is 1. The van der Waals surface area contributed by atoms with E-state index in [1.165, 1.54) is 12.8 Å². The zero-order valence-corrected chi connectivity index (χ0v) is 12.6. The second-order valence-corrected chi connectivity index (χ2v) is 4.95. The quantitative estimate of drug-likeness (QED) is 0.627. The second kappa shape index (κ2) is 7.47. The number of aromatic nitrogens is 2.